The molecule has 27 heavy (non-hydrogen) atoms. The second kappa shape index (κ2) is 6.68. The van der Waals surface area contributed by atoms with Crippen molar-refractivity contribution in [2.24, 2.45) is 28.1 Å². The van der Waals surface area contributed by atoms with E-state index in [1.807, 2.05) is 13.0 Å². The third kappa shape index (κ3) is 2.97. The van der Waals surface area contributed by atoms with Gasteiger partial charge in [-0.15, -0.1) is 0 Å². The van der Waals surface area contributed by atoms with Gasteiger partial charge in [0.2, 0.25) is 0 Å². The predicted molar refractivity (Wildman–Crippen MR) is 98.6 cm³/mol. The van der Waals surface area contributed by atoms with Crippen LogP contribution < -0.4 is 0 Å². The predicted octanol–water partition coefficient (Wildman–Crippen LogP) is 1.61. The average Bonchev–Trinajstić information content (AvgIpc) is 2.87. The van der Waals surface area contributed by atoms with Crippen LogP contribution in [-0.4, -0.2) is 52.0 Å². The fourth-order valence-electron chi connectivity index (χ4n) is 5.67. The summed E-state index contributed by atoms with van der Waals surface area (Å²) in [6, 6.07) is 0. The molecule has 2 saturated carbocycles. The second-order valence-corrected chi connectivity index (χ2v) is 9.71. The Kier molecular flexibility index (Phi) is 5.07. The molecule has 0 saturated heterocycles. The first-order valence-electron chi connectivity index (χ1n) is 9.91. The Labute approximate surface area is 160 Å². The van der Waals surface area contributed by atoms with Crippen LogP contribution in [0, 0.1) is 28.1 Å². The summed E-state index contributed by atoms with van der Waals surface area (Å²) in [4.78, 5) is 24.6. The number of ketones is 1. The van der Waals surface area contributed by atoms with Crippen molar-refractivity contribution in [3.63, 3.8) is 0 Å². The third-order valence-electron chi connectivity index (χ3n) is 7.26. The van der Waals surface area contributed by atoms with Crippen LogP contribution >= 0.6 is 0 Å². The molecule has 3 rings (SSSR count). The minimum absolute atomic E-state index is 0.0278. The number of allylic oxidation sites excluding steroid dienone is 2. The minimum Gasteiger partial charge on any atom is -0.461 e. The summed E-state index contributed by atoms with van der Waals surface area (Å²) in [5.41, 5.74) is -2.27. The highest BCUT2D eigenvalue weighted by Gasteiger charge is 2.68. The largest absolute Gasteiger partial charge is 0.461 e. The van der Waals surface area contributed by atoms with Crippen LogP contribution in [-0.2, 0) is 14.3 Å². The Morgan fingerprint density at radius 2 is 2.00 bits per heavy atom. The van der Waals surface area contributed by atoms with E-state index in [0.29, 0.717) is 19.3 Å². The molecule has 0 heterocycles. The SMILES string of the molecule is CC[C@@]12CC(=O)C=C[C@@H]1[C@H]1[C@@H](O)C[C@H](OC(=O)C(C)(C)C)[C@]1(CO)[C@H](O)C2. The summed E-state index contributed by atoms with van der Waals surface area (Å²) in [6.07, 6.45) is 2.41. The van der Waals surface area contributed by atoms with E-state index in [4.69, 9.17) is 4.74 Å². The molecule has 7 atom stereocenters. The van der Waals surface area contributed by atoms with Gasteiger partial charge < -0.3 is 20.1 Å². The van der Waals surface area contributed by atoms with Crippen LogP contribution in [0.3, 0.4) is 0 Å². The van der Waals surface area contributed by atoms with Crippen LogP contribution in [0.15, 0.2) is 12.2 Å². The first-order valence-corrected chi connectivity index (χ1v) is 9.91. The lowest BCUT2D eigenvalue weighted by Gasteiger charge is -2.57. The van der Waals surface area contributed by atoms with Gasteiger partial charge in [0.05, 0.1) is 29.6 Å². The van der Waals surface area contributed by atoms with E-state index in [9.17, 15) is 24.9 Å². The second-order valence-electron chi connectivity index (χ2n) is 9.71. The Morgan fingerprint density at radius 1 is 1.33 bits per heavy atom. The molecule has 3 aliphatic rings. The van der Waals surface area contributed by atoms with Crippen molar-refractivity contribution in [2.75, 3.05) is 6.61 Å². The number of rotatable bonds is 3. The molecular formula is C21H32O6. The summed E-state index contributed by atoms with van der Waals surface area (Å²) in [7, 11) is 0. The zero-order chi connectivity index (χ0) is 20.2. The maximum absolute atomic E-state index is 12.5. The Balaban J connectivity index is 2.03. The average molecular weight is 380 g/mol. The van der Waals surface area contributed by atoms with E-state index >= 15 is 0 Å². The number of fused-ring (bicyclic) bond motifs is 3. The van der Waals surface area contributed by atoms with Crippen LogP contribution in [0.5, 0.6) is 0 Å². The number of carbonyl (C=O) groups is 2. The van der Waals surface area contributed by atoms with E-state index in [-0.39, 0.29) is 24.7 Å². The molecule has 3 aliphatic carbocycles. The highest BCUT2D eigenvalue weighted by molar-refractivity contribution is 5.91. The van der Waals surface area contributed by atoms with E-state index in [1.54, 1.807) is 26.8 Å². The third-order valence-corrected chi connectivity index (χ3v) is 7.26. The summed E-state index contributed by atoms with van der Waals surface area (Å²) in [5, 5.41) is 32.4. The zero-order valence-electron chi connectivity index (χ0n) is 16.6. The highest BCUT2D eigenvalue weighted by atomic mass is 16.5. The van der Waals surface area contributed by atoms with Gasteiger partial charge in [0.25, 0.3) is 0 Å². The van der Waals surface area contributed by atoms with Gasteiger partial charge in [-0.05, 0) is 51.0 Å². The summed E-state index contributed by atoms with van der Waals surface area (Å²) >= 11 is 0. The van der Waals surface area contributed by atoms with E-state index in [2.05, 4.69) is 0 Å². The molecule has 3 N–H and O–H groups in total. The monoisotopic (exact) mass is 380 g/mol. The molecule has 0 amide bonds. The molecule has 0 bridgehead atoms. The molecule has 152 valence electrons. The first kappa shape index (κ1) is 20.5. The van der Waals surface area contributed by atoms with Crippen molar-refractivity contribution in [2.45, 2.75) is 71.7 Å². The van der Waals surface area contributed by atoms with Gasteiger partial charge in [-0.3, -0.25) is 9.59 Å². The van der Waals surface area contributed by atoms with Gasteiger partial charge in [-0.1, -0.05) is 13.0 Å². The Hall–Kier alpha value is -1.24. The summed E-state index contributed by atoms with van der Waals surface area (Å²) in [6.45, 7) is 6.86. The van der Waals surface area contributed by atoms with Crippen molar-refractivity contribution in [1.29, 1.82) is 0 Å². The smallest absolute Gasteiger partial charge is 0.311 e. The number of esters is 1. The number of ether oxygens (including phenoxy) is 1. The normalized spacial score (nSPS) is 44.0. The lowest BCUT2D eigenvalue weighted by atomic mass is 9.48. The molecular weight excluding hydrogens is 348 g/mol. The van der Waals surface area contributed by atoms with Crippen molar-refractivity contribution < 1.29 is 29.6 Å². The molecule has 6 heteroatoms. The first-order chi connectivity index (χ1) is 12.5. The highest BCUT2D eigenvalue weighted by Crippen LogP contribution is 2.63. The van der Waals surface area contributed by atoms with Gasteiger partial charge in [0, 0.05) is 18.8 Å². The quantitative estimate of drug-likeness (QED) is 0.643. The van der Waals surface area contributed by atoms with E-state index in [1.165, 1.54) is 0 Å². The Bertz CT molecular complexity index is 650. The summed E-state index contributed by atoms with van der Waals surface area (Å²) in [5.74, 6) is -1.00. The van der Waals surface area contributed by atoms with Gasteiger partial charge in [0.1, 0.15) is 6.10 Å². The standard InChI is InChI=1S/C21H32O6/c1-5-20-9-12(23)6-7-13(20)17-14(24)8-16(27-18(26)19(2,3)4)21(17,11-22)15(25)10-20/h6-7,13-17,22,24-25H,5,8-11H2,1-4H3/t13-,14+,15-,16+,17+,20+,21+/m1/s1. The van der Waals surface area contributed by atoms with Gasteiger partial charge in [-0.25, -0.2) is 0 Å². The van der Waals surface area contributed by atoms with Crippen molar-refractivity contribution >= 4 is 11.8 Å². The molecule has 0 aromatic carbocycles. The zero-order valence-corrected chi connectivity index (χ0v) is 16.6. The topological polar surface area (TPSA) is 104 Å². The molecule has 0 unspecified atom stereocenters. The molecule has 0 radical (unpaired) electrons. The van der Waals surface area contributed by atoms with Crippen molar-refractivity contribution in [1.82, 2.24) is 0 Å². The van der Waals surface area contributed by atoms with Crippen LogP contribution in [0.1, 0.15) is 53.4 Å². The lowest BCUT2D eigenvalue weighted by Crippen LogP contribution is -2.62. The van der Waals surface area contributed by atoms with Gasteiger partial charge in [0.15, 0.2) is 5.78 Å². The number of carbonyl (C=O) groups excluding carboxylic acids is 2. The van der Waals surface area contributed by atoms with Gasteiger partial charge >= 0.3 is 5.97 Å². The molecule has 0 aliphatic heterocycles. The van der Waals surface area contributed by atoms with E-state index < -0.39 is 46.4 Å². The number of hydrogen-bond donors (Lipinski definition) is 3. The fraction of sp³-hybridized carbons (Fsp3) is 0.810. The van der Waals surface area contributed by atoms with E-state index in [0.717, 1.165) is 0 Å². The molecule has 0 spiro atoms. The minimum atomic E-state index is -1.12. The summed E-state index contributed by atoms with van der Waals surface area (Å²) < 4.78 is 5.74. The number of hydrogen-bond acceptors (Lipinski definition) is 6. The van der Waals surface area contributed by atoms with Crippen molar-refractivity contribution in [3.05, 3.63) is 12.2 Å². The van der Waals surface area contributed by atoms with Crippen LogP contribution in [0.25, 0.3) is 0 Å². The molecule has 0 aromatic rings. The fourth-order valence-corrected chi connectivity index (χ4v) is 5.67. The van der Waals surface area contributed by atoms with Crippen LogP contribution in [0.2, 0.25) is 0 Å². The Morgan fingerprint density at radius 3 is 2.56 bits per heavy atom. The molecule has 2 fully saturated rings. The molecule has 0 aromatic heterocycles. The molecule has 6 nitrogen and oxygen atoms in total. The maximum Gasteiger partial charge on any atom is 0.311 e. The number of aliphatic hydroxyl groups excluding tert-OH is 3. The van der Waals surface area contributed by atoms with Crippen LogP contribution in [0.4, 0.5) is 0 Å². The number of aliphatic hydroxyl groups is 3. The van der Waals surface area contributed by atoms with Gasteiger partial charge in [-0.2, -0.15) is 0 Å². The lowest BCUT2D eigenvalue weighted by molar-refractivity contribution is -0.202. The maximum atomic E-state index is 12.5. The van der Waals surface area contributed by atoms with Crippen molar-refractivity contribution in [3.8, 4) is 0 Å².